The molecule has 3 nitrogen and oxygen atoms in total. The lowest BCUT2D eigenvalue weighted by Gasteiger charge is -2.45. The maximum Gasteiger partial charge on any atom is 0.138 e. The molecule has 4 aromatic rings. The van der Waals surface area contributed by atoms with E-state index in [1.165, 1.54) is 16.7 Å². The predicted molar refractivity (Wildman–Crippen MR) is 159 cm³/mol. The molecule has 0 bridgehead atoms. The van der Waals surface area contributed by atoms with Crippen LogP contribution >= 0.6 is 11.6 Å². The van der Waals surface area contributed by atoms with Crippen molar-refractivity contribution < 1.29 is 4.79 Å². The molecule has 6 rings (SSSR count). The van der Waals surface area contributed by atoms with Gasteiger partial charge in [-0.2, -0.15) is 0 Å². The zero-order valence-corrected chi connectivity index (χ0v) is 22.8. The quantitative estimate of drug-likeness (QED) is 0.192. The second-order valence-corrected chi connectivity index (χ2v) is 11.2. The third-order valence-corrected chi connectivity index (χ3v) is 9.04. The molecule has 1 heterocycles. The van der Waals surface area contributed by atoms with Crippen molar-refractivity contribution in [3.63, 3.8) is 0 Å². The number of hydrogen-bond donors (Lipinski definition) is 0. The van der Waals surface area contributed by atoms with Crippen molar-refractivity contribution in [3.8, 4) is 0 Å². The Kier molecular flexibility index (Phi) is 7.34. The molecule has 2 unspecified atom stereocenters. The number of carbonyl (C=O) groups excluding carboxylic acids is 1. The fourth-order valence-corrected chi connectivity index (χ4v) is 6.93. The molecule has 1 aliphatic heterocycles. The Balaban J connectivity index is 1.40. The zero-order chi connectivity index (χ0) is 26.7. The molecular formula is C35H33ClN2O. The van der Waals surface area contributed by atoms with E-state index in [9.17, 15) is 4.79 Å². The van der Waals surface area contributed by atoms with Gasteiger partial charge in [-0.3, -0.25) is 9.79 Å². The van der Waals surface area contributed by atoms with Crippen LogP contribution in [0.1, 0.15) is 35.1 Å². The summed E-state index contributed by atoms with van der Waals surface area (Å²) in [4.78, 5) is 21.0. The minimum Gasteiger partial charge on any atom is -0.359 e. The Hall–Kier alpha value is -3.69. The second kappa shape index (κ2) is 11.2. The van der Waals surface area contributed by atoms with E-state index in [4.69, 9.17) is 16.6 Å². The van der Waals surface area contributed by atoms with Gasteiger partial charge in [0.15, 0.2) is 0 Å². The molecule has 0 spiro atoms. The largest absolute Gasteiger partial charge is 0.359 e. The molecule has 0 amide bonds. The van der Waals surface area contributed by atoms with Gasteiger partial charge in [0.25, 0.3) is 0 Å². The first-order valence-corrected chi connectivity index (χ1v) is 14.2. The Morgan fingerprint density at radius 3 is 2.03 bits per heavy atom. The number of likely N-dealkylation sites (tertiary alicyclic amines) is 1. The molecule has 1 aliphatic carbocycles. The van der Waals surface area contributed by atoms with Gasteiger partial charge in [0.1, 0.15) is 11.6 Å². The summed E-state index contributed by atoms with van der Waals surface area (Å²) in [6.45, 7) is 2.03. The van der Waals surface area contributed by atoms with Crippen molar-refractivity contribution in [1.82, 2.24) is 4.90 Å². The highest BCUT2D eigenvalue weighted by Crippen LogP contribution is 2.52. The number of aliphatic imine (C=N–C) groups is 1. The van der Waals surface area contributed by atoms with E-state index < -0.39 is 0 Å². The number of carbonyl (C=O) groups is 1. The number of halogens is 1. The summed E-state index contributed by atoms with van der Waals surface area (Å²) in [6, 6.07) is 40.1. The fraction of sp³-hybridized carbons (Fsp3) is 0.257. The maximum atomic E-state index is 13.5. The summed E-state index contributed by atoms with van der Waals surface area (Å²) < 4.78 is 0. The normalized spacial score (nSPS) is 20.6. The summed E-state index contributed by atoms with van der Waals surface area (Å²) in [5, 5.41) is 0.734. The summed E-state index contributed by atoms with van der Waals surface area (Å²) in [7, 11) is 0. The molecule has 2 aliphatic rings. The lowest BCUT2D eigenvalue weighted by molar-refractivity contribution is -0.126. The highest BCUT2D eigenvalue weighted by molar-refractivity contribution is 6.31. The Morgan fingerprint density at radius 1 is 0.795 bits per heavy atom. The van der Waals surface area contributed by atoms with Crippen LogP contribution in [0.15, 0.2) is 120 Å². The SMILES string of the molecule is O=C1CCC(c2ccccc2)(c2ccccc2)C2CN(C(Cc3ccccc3)=NCc3ccccc3Cl)CC12. The van der Waals surface area contributed by atoms with Crippen molar-refractivity contribution in [2.75, 3.05) is 13.1 Å². The topological polar surface area (TPSA) is 32.7 Å². The number of nitrogens with zero attached hydrogens (tertiary/aromatic N) is 2. The lowest BCUT2D eigenvalue weighted by Crippen LogP contribution is -2.47. The summed E-state index contributed by atoms with van der Waals surface area (Å²) in [5.41, 5.74) is 4.63. The monoisotopic (exact) mass is 532 g/mol. The van der Waals surface area contributed by atoms with Gasteiger partial charge in [0.2, 0.25) is 0 Å². The number of Topliss-reactive ketones (excluding diaryl/α,β-unsaturated/α-hetero) is 1. The van der Waals surface area contributed by atoms with Crippen LogP contribution in [0.3, 0.4) is 0 Å². The van der Waals surface area contributed by atoms with Crippen molar-refractivity contribution in [3.05, 3.63) is 143 Å². The molecule has 2 atom stereocenters. The van der Waals surface area contributed by atoms with Crippen LogP contribution in [0.5, 0.6) is 0 Å². The van der Waals surface area contributed by atoms with E-state index >= 15 is 0 Å². The second-order valence-electron chi connectivity index (χ2n) is 10.8. The van der Waals surface area contributed by atoms with Crippen molar-refractivity contribution in [2.24, 2.45) is 16.8 Å². The van der Waals surface area contributed by atoms with Gasteiger partial charge < -0.3 is 4.90 Å². The predicted octanol–water partition coefficient (Wildman–Crippen LogP) is 7.38. The molecular weight excluding hydrogens is 500 g/mol. The number of rotatable bonds is 6. The highest BCUT2D eigenvalue weighted by atomic mass is 35.5. The van der Waals surface area contributed by atoms with Gasteiger partial charge in [0.05, 0.1) is 6.54 Å². The van der Waals surface area contributed by atoms with Gasteiger partial charge in [-0.25, -0.2) is 0 Å². The highest BCUT2D eigenvalue weighted by Gasteiger charge is 2.54. The third-order valence-electron chi connectivity index (χ3n) is 8.67. The first-order chi connectivity index (χ1) is 19.1. The smallest absolute Gasteiger partial charge is 0.138 e. The molecule has 2 fully saturated rings. The molecule has 4 heteroatoms. The molecule has 0 radical (unpaired) electrons. The minimum atomic E-state index is -0.212. The molecule has 1 saturated carbocycles. The Labute approximate surface area is 236 Å². The number of amidine groups is 1. The minimum absolute atomic E-state index is 0.0274. The van der Waals surface area contributed by atoms with Crippen molar-refractivity contribution in [2.45, 2.75) is 31.2 Å². The van der Waals surface area contributed by atoms with E-state index in [0.717, 1.165) is 35.8 Å². The van der Waals surface area contributed by atoms with E-state index in [0.29, 0.717) is 25.3 Å². The number of benzene rings is 4. The summed E-state index contributed by atoms with van der Waals surface area (Å²) >= 11 is 6.49. The molecule has 4 aromatic carbocycles. The van der Waals surface area contributed by atoms with Crippen LogP contribution in [0.4, 0.5) is 0 Å². The first kappa shape index (κ1) is 25.6. The third kappa shape index (κ3) is 5.04. The van der Waals surface area contributed by atoms with Crippen LogP contribution in [0.2, 0.25) is 5.02 Å². The van der Waals surface area contributed by atoms with Crippen molar-refractivity contribution in [1.29, 1.82) is 0 Å². The Bertz CT molecular complexity index is 1410. The summed E-state index contributed by atoms with van der Waals surface area (Å²) in [6.07, 6.45) is 2.16. The van der Waals surface area contributed by atoms with E-state index in [1.807, 2.05) is 30.3 Å². The molecule has 0 aromatic heterocycles. The molecule has 0 N–H and O–H groups in total. The van der Waals surface area contributed by atoms with E-state index in [-0.39, 0.29) is 17.3 Å². The average molecular weight is 533 g/mol. The van der Waals surface area contributed by atoms with Gasteiger partial charge >= 0.3 is 0 Å². The van der Waals surface area contributed by atoms with Gasteiger partial charge in [-0.15, -0.1) is 0 Å². The number of hydrogen-bond acceptors (Lipinski definition) is 2. The zero-order valence-electron chi connectivity index (χ0n) is 22.0. The lowest BCUT2D eigenvalue weighted by atomic mass is 9.56. The van der Waals surface area contributed by atoms with Crippen LogP contribution in [-0.2, 0) is 23.2 Å². The summed E-state index contributed by atoms with van der Waals surface area (Å²) in [5.74, 6) is 1.55. The average Bonchev–Trinajstić information content (AvgIpc) is 3.45. The van der Waals surface area contributed by atoms with E-state index in [2.05, 4.69) is 89.8 Å². The van der Waals surface area contributed by atoms with Crippen LogP contribution in [0, 0.1) is 11.8 Å². The van der Waals surface area contributed by atoms with Crippen LogP contribution < -0.4 is 0 Å². The van der Waals surface area contributed by atoms with Crippen LogP contribution in [0.25, 0.3) is 0 Å². The molecule has 1 saturated heterocycles. The number of ketones is 1. The van der Waals surface area contributed by atoms with Gasteiger partial charge in [0, 0.05) is 48.2 Å². The van der Waals surface area contributed by atoms with Crippen LogP contribution in [-0.4, -0.2) is 29.6 Å². The van der Waals surface area contributed by atoms with E-state index in [1.54, 1.807) is 0 Å². The Morgan fingerprint density at radius 2 is 1.38 bits per heavy atom. The number of fused-ring (bicyclic) bond motifs is 1. The van der Waals surface area contributed by atoms with Gasteiger partial charge in [-0.05, 0) is 34.7 Å². The molecule has 196 valence electrons. The first-order valence-electron chi connectivity index (χ1n) is 13.8. The van der Waals surface area contributed by atoms with Crippen molar-refractivity contribution >= 4 is 23.2 Å². The molecule has 39 heavy (non-hydrogen) atoms. The fourth-order valence-electron chi connectivity index (χ4n) is 6.74. The van der Waals surface area contributed by atoms with Gasteiger partial charge in [-0.1, -0.05) is 121 Å². The maximum absolute atomic E-state index is 13.5. The standard InChI is InChI=1S/C35H33ClN2O/c36-32-19-11-10-14-27(32)23-37-34(22-26-12-4-1-5-13-26)38-24-30-31(25-38)35(21-20-33(30)39,28-15-6-2-7-16-28)29-17-8-3-9-18-29/h1-19,30-31H,20-25H2.